The van der Waals surface area contributed by atoms with E-state index in [-0.39, 0.29) is 11.1 Å². The lowest BCUT2D eigenvalue weighted by atomic mass is 9.96. The topological polar surface area (TPSA) is 66.0 Å². The van der Waals surface area contributed by atoms with Gasteiger partial charge >= 0.3 is 5.97 Å². The van der Waals surface area contributed by atoms with Crippen molar-refractivity contribution in [2.75, 3.05) is 0 Å². The Morgan fingerprint density at radius 3 is 2.31 bits per heavy atom. The number of aromatic amines is 1. The average Bonchev–Trinajstić information content (AvgIpc) is 2.29. The fourth-order valence-corrected chi connectivity index (χ4v) is 1.46. The van der Waals surface area contributed by atoms with E-state index in [9.17, 15) is 4.79 Å². The van der Waals surface area contributed by atoms with Gasteiger partial charge in [0.2, 0.25) is 0 Å². The molecule has 0 fully saturated rings. The highest BCUT2D eigenvalue weighted by molar-refractivity contribution is 14.1. The fraction of sp³-hybridized carbons (Fsp3) is 0.500. The van der Waals surface area contributed by atoms with Crippen LogP contribution in [0.25, 0.3) is 0 Å². The second kappa shape index (κ2) is 3.28. The van der Waals surface area contributed by atoms with Crippen molar-refractivity contribution in [3.05, 3.63) is 15.2 Å². The van der Waals surface area contributed by atoms with E-state index in [1.165, 1.54) is 0 Å². The van der Waals surface area contributed by atoms with E-state index in [0.717, 1.165) is 0 Å². The first-order chi connectivity index (χ1) is 5.82. The van der Waals surface area contributed by atoms with Gasteiger partial charge in [-0.25, -0.2) is 9.78 Å². The highest BCUT2D eigenvalue weighted by Gasteiger charge is 2.22. The molecule has 0 aliphatic heterocycles. The lowest BCUT2D eigenvalue weighted by Crippen LogP contribution is -2.13. The van der Waals surface area contributed by atoms with Crippen LogP contribution >= 0.6 is 22.6 Å². The number of aromatic nitrogens is 2. The Hall–Kier alpha value is -0.590. The summed E-state index contributed by atoms with van der Waals surface area (Å²) in [6, 6.07) is 0. The van der Waals surface area contributed by atoms with Crippen LogP contribution in [0, 0.1) is 3.70 Å². The van der Waals surface area contributed by atoms with Gasteiger partial charge in [-0.3, -0.25) is 0 Å². The molecule has 1 aromatic rings. The molecule has 0 aliphatic rings. The van der Waals surface area contributed by atoms with Gasteiger partial charge in [-0.1, -0.05) is 20.8 Å². The molecule has 1 rings (SSSR count). The van der Waals surface area contributed by atoms with Gasteiger partial charge in [0.05, 0.1) is 0 Å². The summed E-state index contributed by atoms with van der Waals surface area (Å²) in [4.78, 5) is 17.7. The van der Waals surface area contributed by atoms with Crippen LogP contribution in [-0.4, -0.2) is 21.0 Å². The van der Waals surface area contributed by atoms with Crippen LogP contribution in [0.4, 0.5) is 0 Å². The molecular formula is C8H11IN2O2. The number of rotatable bonds is 1. The molecule has 0 bridgehead atoms. The molecule has 0 aromatic carbocycles. The zero-order valence-electron chi connectivity index (χ0n) is 7.68. The Kier molecular flexibility index (Phi) is 2.65. The minimum absolute atomic E-state index is 0.102. The number of carboxylic acids is 1. The SMILES string of the molecule is CC(C)(C)c1nc(C(=O)O)c(I)[nH]1. The van der Waals surface area contributed by atoms with E-state index in [0.29, 0.717) is 9.53 Å². The molecule has 0 atom stereocenters. The van der Waals surface area contributed by atoms with Crippen molar-refractivity contribution in [3.63, 3.8) is 0 Å². The Bertz CT molecular complexity index is 338. The highest BCUT2D eigenvalue weighted by atomic mass is 127. The largest absolute Gasteiger partial charge is 0.476 e. The third-order valence-corrected chi connectivity index (χ3v) is 2.35. The number of carboxylic acid groups (broad SMARTS) is 1. The minimum Gasteiger partial charge on any atom is -0.476 e. The van der Waals surface area contributed by atoms with Gasteiger partial charge in [0.15, 0.2) is 5.69 Å². The zero-order valence-corrected chi connectivity index (χ0v) is 9.84. The number of imidazole rings is 1. The van der Waals surface area contributed by atoms with Crippen molar-refractivity contribution in [1.82, 2.24) is 9.97 Å². The number of hydrogen-bond acceptors (Lipinski definition) is 2. The van der Waals surface area contributed by atoms with Gasteiger partial charge in [-0.2, -0.15) is 0 Å². The highest BCUT2D eigenvalue weighted by Crippen LogP contribution is 2.21. The van der Waals surface area contributed by atoms with Crippen LogP contribution in [0.2, 0.25) is 0 Å². The fourth-order valence-electron chi connectivity index (χ4n) is 0.849. The summed E-state index contributed by atoms with van der Waals surface area (Å²) in [5, 5.41) is 8.76. The molecule has 0 saturated heterocycles. The normalized spacial score (nSPS) is 11.7. The van der Waals surface area contributed by atoms with E-state index in [1.807, 2.05) is 43.4 Å². The molecule has 4 nitrogen and oxygen atoms in total. The maximum absolute atomic E-state index is 10.7. The van der Waals surface area contributed by atoms with Gasteiger partial charge in [0.25, 0.3) is 0 Å². The minimum atomic E-state index is -0.990. The Morgan fingerprint density at radius 1 is 1.54 bits per heavy atom. The van der Waals surface area contributed by atoms with Crippen LogP contribution in [0.3, 0.4) is 0 Å². The average molecular weight is 294 g/mol. The molecule has 0 amide bonds. The molecule has 1 aromatic heterocycles. The first-order valence-electron chi connectivity index (χ1n) is 3.81. The smallest absolute Gasteiger partial charge is 0.357 e. The van der Waals surface area contributed by atoms with E-state index in [1.54, 1.807) is 0 Å². The summed E-state index contributed by atoms with van der Waals surface area (Å²) in [6.07, 6.45) is 0. The van der Waals surface area contributed by atoms with Crippen molar-refractivity contribution >= 4 is 28.6 Å². The summed E-state index contributed by atoms with van der Waals surface area (Å²) in [7, 11) is 0. The Balaban J connectivity index is 3.17. The van der Waals surface area contributed by atoms with Gasteiger partial charge in [-0.05, 0) is 22.6 Å². The first-order valence-corrected chi connectivity index (χ1v) is 4.89. The predicted octanol–water partition coefficient (Wildman–Crippen LogP) is 2.01. The maximum atomic E-state index is 10.7. The predicted molar refractivity (Wildman–Crippen MR) is 57.0 cm³/mol. The van der Waals surface area contributed by atoms with E-state index < -0.39 is 5.97 Å². The van der Waals surface area contributed by atoms with Crippen LogP contribution in [0.1, 0.15) is 37.1 Å². The number of nitrogens with one attached hydrogen (secondary N) is 1. The van der Waals surface area contributed by atoms with E-state index in [4.69, 9.17) is 5.11 Å². The second-order valence-electron chi connectivity index (χ2n) is 3.80. The molecule has 0 unspecified atom stereocenters. The third-order valence-electron chi connectivity index (χ3n) is 1.57. The quantitative estimate of drug-likeness (QED) is 0.779. The molecule has 2 N–H and O–H groups in total. The van der Waals surface area contributed by atoms with Crippen LogP contribution in [0.5, 0.6) is 0 Å². The first kappa shape index (κ1) is 10.5. The number of hydrogen-bond donors (Lipinski definition) is 2. The molecular weight excluding hydrogens is 283 g/mol. The van der Waals surface area contributed by atoms with Crippen LogP contribution in [0.15, 0.2) is 0 Å². The van der Waals surface area contributed by atoms with E-state index in [2.05, 4.69) is 9.97 Å². The second-order valence-corrected chi connectivity index (χ2v) is 4.88. The third kappa shape index (κ3) is 2.20. The lowest BCUT2D eigenvalue weighted by molar-refractivity contribution is 0.0689. The number of nitrogens with zero attached hydrogens (tertiary/aromatic N) is 1. The summed E-state index contributed by atoms with van der Waals surface area (Å²) >= 11 is 1.94. The van der Waals surface area contributed by atoms with Gasteiger partial charge in [0.1, 0.15) is 9.53 Å². The van der Waals surface area contributed by atoms with Gasteiger partial charge < -0.3 is 10.1 Å². The number of halogens is 1. The van der Waals surface area contributed by atoms with Gasteiger partial charge in [0, 0.05) is 5.41 Å². The van der Waals surface area contributed by atoms with Crippen molar-refractivity contribution in [2.45, 2.75) is 26.2 Å². The lowest BCUT2D eigenvalue weighted by Gasteiger charge is -2.13. The molecule has 0 aliphatic carbocycles. The number of H-pyrrole nitrogens is 1. The molecule has 5 heteroatoms. The Labute approximate surface area is 89.9 Å². The van der Waals surface area contributed by atoms with Crippen molar-refractivity contribution in [3.8, 4) is 0 Å². The van der Waals surface area contributed by atoms with Crippen LogP contribution in [-0.2, 0) is 5.41 Å². The molecule has 72 valence electrons. The van der Waals surface area contributed by atoms with Crippen LogP contribution < -0.4 is 0 Å². The summed E-state index contributed by atoms with van der Waals surface area (Å²) in [6.45, 7) is 5.94. The molecule has 0 saturated carbocycles. The number of aromatic carboxylic acids is 1. The molecule has 1 heterocycles. The maximum Gasteiger partial charge on any atom is 0.357 e. The summed E-state index contributed by atoms with van der Waals surface area (Å²) < 4.78 is 0.579. The van der Waals surface area contributed by atoms with Crippen molar-refractivity contribution in [1.29, 1.82) is 0 Å². The molecule has 13 heavy (non-hydrogen) atoms. The van der Waals surface area contributed by atoms with E-state index >= 15 is 0 Å². The monoisotopic (exact) mass is 294 g/mol. The summed E-state index contributed by atoms with van der Waals surface area (Å²) in [5.41, 5.74) is -0.0429. The van der Waals surface area contributed by atoms with Crippen molar-refractivity contribution in [2.24, 2.45) is 0 Å². The summed E-state index contributed by atoms with van der Waals surface area (Å²) in [5.74, 6) is -0.287. The molecule has 0 spiro atoms. The number of carbonyl (C=O) groups is 1. The zero-order chi connectivity index (χ0) is 10.2. The van der Waals surface area contributed by atoms with Crippen molar-refractivity contribution < 1.29 is 9.90 Å². The molecule has 0 radical (unpaired) electrons. The van der Waals surface area contributed by atoms with Gasteiger partial charge in [-0.15, -0.1) is 0 Å². The standard InChI is InChI=1S/C8H11IN2O2/c1-8(2,3)7-10-4(6(12)13)5(9)11-7/h1-3H3,(H,10,11)(H,12,13). The Morgan fingerprint density at radius 2 is 2.08 bits per heavy atom.